The van der Waals surface area contributed by atoms with Crippen molar-refractivity contribution in [3.63, 3.8) is 0 Å². The van der Waals surface area contributed by atoms with E-state index in [1.807, 2.05) is 6.07 Å². The number of halogens is 1. The van der Waals surface area contributed by atoms with Crippen LogP contribution in [0.25, 0.3) is 0 Å². The zero-order valence-corrected chi connectivity index (χ0v) is 12.2. The molecule has 1 aromatic rings. The normalized spacial score (nSPS) is 18.7. The molecule has 0 spiro atoms. The molecular formula is C17H24FN. The first-order chi connectivity index (χ1) is 8.90. The molecule has 104 valence electrons. The van der Waals surface area contributed by atoms with Crippen molar-refractivity contribution < 1.29 is 4.39 Å². The van der Waals surface area contributed by atoms with Gasteiger partial charge in [0.2, 0.25) is 0 Å². The van der Waals surface area contributed by atoms with Crippen molar-refractivity contribution in [3.05, 3.63) is 40.7 Å². The van der Waals surface area contributed by atoms with Crippen molar-refractivity contribution in [3.8, 4) is 0 Å². The number of hydrogen-bond acceptors (Lipinski definition) is 1. The summed E-state index contributed by atoms with van der Waals surface area (Å²) in [4.78, 5) is 0. The number of rotatable bonds is 3. The molecule has 0 amide bonds. The highest BCUT2D eigenvalue weighted by atomic mass is 19.1. The Morgan fingerprint density at radius 1 is 1.26 bits per heavy atom. The van der Waals surface area contributed by atoms with Crippen molar-refractivity contribution in [2.45, 2.75) is 52.9 Å². The fourth-order valence-electron chi connectivity index (χ4n) is 3.25. The first-order valence-corrected chi connectivity index (χ1v) is 7.13. The summed E-state index contributed by atoms with van der Waals surface area (Å²) in [5.74, 6) is -0.174. The highest BCUT2D eigenvalue weighted by Gasteiger charge is 2.27. The maximum Gasteiger partial charge on any atom is 0.128 e. The predicted octanol–water partition coefficient (Wildman–Crippen LogP) is 4.87. The second kappa shape index (κ2) is 5.36. The Balaban J connectivity index is 2.13. The maximum atomic E-state index is 13.8. The lowest BCUT2D eigenvalue weighted by molar-refractivity contribution is 0.354. The van der Waals surface area contributed by atoms with Crippen LogP contribution in [-0.4, -0.2) is 0 Å². The number of allylic oxidation sites excluding steroid dienone is 2. The van der Waals surface area contributed by atoms with E-state index in [-0.39, 0.29) is 11.2 Å². The van der Waals surface area contributed by atoms with Gasteiger partial charge in [-0.1, -0.05) is 31.1 Å². The zero-order chi connectivity index (χ0) is 14.0. The largest absolute Gasteiger partial charge is 0.399 e. The molecule has 0 unspecified atom stereocenters. The van der Waals surface area contributed by atoms with Gasteiger partial charge in [0.05, 0.1) is 0 Å². The summed E-state index contributed by atoms with van der Waals surface area (Å²) in [6.45, 7) is 6.85. The van der Waals surface area contributed by atoms with E-state index in [1.54, 1.807) is 6.07 Å². The number of nitrogen functional groups attached to an aromatic ring is 1. The topological polar surface area (TPSA) is 26.0 Å². The Kier molecular flexibility index (Phi) is 3.98. The lowest BCUT2D eigenvalue weighted by Crippen LogP contribution is -2.21. The monoisotopic (exact) mass is 261 g/mol. The third-order valence-electron chi connectivity index (χ3n) is 4.41. The fraction of sp³-hybridized carbons (Fsp3) is 0.529. The molecule has 0 fully saturated rings. The molecule has 0 heterocycles. The summed E-state index contributed by atoms with van der Waals surface area (Å²) in [6.07, 6.45) is 5.44. The van der Waals surface area contributed by atoms with E-state index >= 15 is 0 Å². The Bertz CT molecular complexity index is 500. The molecular weight excluding hydrogens is 237 g/mol. The lowest BCUT2D eigenvalue weighted by atomic mass is 9.71. The number of benzene rings is 1. The van der Waals surface area contributed by atoms with E-state index in [4.69, 9.17) is 5.73 Å². The van der Waals surface area contributed by atoms with E-state index in [9.17, 15) is 4.39 Å². The number of nitrogens with two attached hydrogens (primary N) is 1. The van der Waals surface area contributed by atoms with Gasteiger partial charge in [0.1, 0.15) is 5.82 Å². The van der Waals surface area contributed by atoms with Crippen molar-refractivity contribution >= 4 is 5.69 Å². The van der Waals surface area contributed by atoms with Crippen LogP contribution in [0.4, 0.5) is 10.1 Å². The van der Waals surface area contributed by atoms with Gasteiger partial charge in [-0.25, -0.2) is 4.39 Å². The van der Waals surface area contributed by atoms with Crippen LogP contribution in [0.15, 0.2) is 29.3 Å². The molecule has 1 aromatic carbocycles. The van der Waals surface area contributed by atoms with E-state index < -0.39 is 0 Å². The summed E-state index contributed by atoms with van der Waals surface area (Å²) < 4.78 is 13.8. The van der Waals surface area contributed by atoms with Gasteiger partial charge >= 0.3 is 0 Å². The van der Waals surface area contributed by atoms with Crippen LogP contribution in [-0.2, 0) is 6.42 Å². The van der Waals surface area contributed by atoms with Crippen LogP contribution in [0, 0.1) is 11.2 Å². The molecule has 19 heavy (non-hydrogen) atoms. The van der Waals surface area contributed by atoms with Gasteiger partial charge in [-0.3, -0.25) is 0 Å². The summed E-state index contributed by atoms with van der Waals surface area (Å²) >= 11 is 0. The second-order valence-corrected chi connectivity index (χ2v) is 6.35. The lowest BCUT2D eigenvalue weighted by Gasteiger charge is -2.34. The molecule has 0 aromatic heterocycles. The molecule has 1 nitrogen and oxygen atoms in total. The van der Waals surface area contributed by atoms with Crippen molar-refractivity contribution in [2.24, 2.45) is 5.41 Å². The Hall–Kier alpha value is -1.31. The highest BCUT2D eigenvalue weighted by Crippen LogP contribution is 2.42. The highest BCUT2D eigenvalue weighted by molar-refractivity contribution is 5.40. The van der Waals surface area contributed by atoms with Crippen molar-refractivity contribution in [1.82, 2.24) is 0 Å². The Morgan fingerprint density at radius 2 is 2.00 bits per heavy atom. The second-order valence-electron chi connectivity index (χ2n) is 6.35. The van der Waals surface area contributed by atoms with Crippen LogP contribution < -0.4 is 5.73 Å². The standard InChI is InChI=1S/C17H24FN/c1-12-5-4-10-17(2,3)15(12)9-7-13-6-8-14(19)11-16(13)18/h6,8,11H,4-5,7,9-10,19H2,1-3H3. The Labute approximate surface area is 115 Å². The zero-order valence-electron chi connectivity index (χ0n) is 12.2. The third-order valence-corrected chi connectivity index (χ3v) is 4.41. The quantitative estimate of drug-likeness (QED) is 0.610. The van der Waals surface area contributed by atoms with Crippen molar-refractivity contribution in [2.75, 3.05) is 5.73 Å². The minimum absolute atomic E-state index is 0.174. The first-order valence-electron chi connectivity index (χ1n) is 7.13. The third kappa shape index (κ3) is 3.17. The SMILES string of the molecule is CC1=C(CCc2ccc(N)cc2F)C(C)(C)CCC1. The van der Waals surface area contributed by atoms with Crippen LogP contribution in [0.2, 0.25) is 0 Å². The van der Waals surface area contributed by atoms with Crippen LogP contribution in [0.1, 0.15) is 52.0 Å². The van der Waals surface area contributed by atoms with E-state index in [2.05, 4.69) is 20.8 Å². The molecule has 0 saturated heterocycles. The Morgan fingerprint density at radius 3 is 2.63 bits per heavy atom. The van der Waals surface area contributed by atoms with Crippen LogP contribution >= 0.6 is 0 Å². The molecule has 0 radical (unpaired) electrons. The van der Waals surface area contributed by atoms with Crippen LogP contribution in [0.5, 0.6) is 0 Å². The van der Waals surface area contributed by atoms with Crippen LogP contribution in [0.3, 0.4) is 0 Å². The molecule has 2 N–H and O–H groups in total. The first kappa shape index (κ1) is 14.1. The van der Waals surface area contributed by atoms with Gasteiger partial charge < -0.3 is 5.73 Å². The average molecular weight is 261 g/mol. The minimum Gasteiger partial charge on any atom is -0.399 e. The smallest absolute Gasteiger partial charge is 0.128 e. The molecule has 0 bridgehead atoms. The molecule has 0 saturated carbocycles. The van der Waals surface area contributed by atoms with Gasteiger partial charge in [-0.2, -0.15) is 0 Å². The molecule has 0 atom stereocenters. The molecule has 2 heteroatoms. The molecule has 1 aliphatic carbocycles. The summed E-state index contributed by atoms with van der Waals surface area (Å²) in [6, 6.07) is 5.02. The molecule has 1 aliphatic rings. The van der Waals surface area contributed by atoms with Crippen molar-refractivity contribution in [1.29, 1.82) is 0 Å². The average Bonchev–Trinajstić information content (AvgIpc) is 2.30. The van der Waals surface area contributed by atoms with E-state index in [0.29, 0.717) is 5.69 Å². The van der Waals surface area contributed by atoms with Gasteiger partial charge in [-0.15, -0.1) is 0 Å². The van der Waals surface area contributed by atoms with Gasteiger partial charge in [0.25, 0.3) is 0 Å². The minimum atomic E-state index is -0.174. The van der Waals surface area contributed by atoms with E-state index in [1.165, 1.54) is 36.5 Å². The fourth-order valence-corrected chi connectivity index (χ4v) is 3.25. The van der Waals surface area contributed by atoms with Gasteiger partial charge in [-0.05, 0) is 62.1 Å². The molecule has 2 rings (SSSR count). The maximum absolute atomic E-state index is 13.8. The van der Waals surface area contributed by atoms with Gasteiger partial charge in [0.15, 0.2) is 0 Å². The number of anilines is 1. The molecule has 0 aliphatic heterocycles. The van der Waals surface area contributed by atoms with Gasteiger partial charge in [0, 0.05) is 5.69 Å². The summed E-state index contributed by atoms with van der Waals surface area (Å²) in [5.41, 5.74) is 10.2. The van der Waals surface area contributed by atoms with E-state index in [0.717, 1.165) is 18.4 Å². The number of aryl methyl sites for hydroxylation is 1. The predicted molar refractivity (Wildman–Crippen MR) is 79.5 cm³/mol. The summed E-state index contributed by atoms with van der Waals surface area (Å²) in [7, 11) is 0. The number of hydrogen-bond donors (Lipinski definition) is 1. The summed E-state index contributed by atoms with van der Waals surface area (Å²) in [5, 5.41) is 0.